The molecule has 1 aliphatic rings. The molecule has 0 radical (unpaired) electrons. The average molecular weight is 316 g/mol. The molecule has 2 rings (SSSR count). The zero-order valence-electron chi connectivity index (χ0n) is 10.9. The molecule has 3 heteroatoms. The molecule has 1 heterocycles. The first-order valence-corrected chi connectivity index (χ1v) is 8.11. The molecule has 1 saturated carbocycles. The first kappa shape index (κ1) is 13.6. The quantitative estimate of drug-likeness (QED) is 0.864. The van der Waals surface area contributed by atoms with Gasteiger partial charge in [-0.05, 0) is 65.0 Å². The Bertz CT molecular complexity index is 372. The van der Waals surface area contributed by atoms with Gasteiger partial charge < -0.3 is 5.32 Å². The minimum Gasteiger partial charge on any atom is -0.316 e. The maximum absolute atomic E-state index is 3.64. The molecular weight excluding hydrogens is 294 g/mol. The second-order valence-electron chi connectivity index (χ2n) is 5.78. The van der Waals surface area contributed by atoms with Gasteiger partial charge in [-0.25, -0.2) is 0 Å². The summed E-state index contributed by atoms with van der Waals surface area (Å²) < 4.78 is 1.28. The van der Waals surface area contributed by atoms with Gasteiger partial charge in [-0.2, -0.15) is 0 Å². The van der Waals surface area contributed by atoms with E-state index in [9.17, 15) is 0 Å². The van der Waals surface area contributed by atoms with Crippen molar-refractivity contribution in [2.45, 2.75) is 45.6 Å². The number of nitrogens with one attached hydrogen (secondary N) is 1. The van der Waals surface area contributed by atoms with Crippen LogP contribution in [0.25, 0.3) is 0 Å². The van der Waals surface area contributed by atoms with Crippen LogP contribution in [-0.2, 0) is 6.42 Å². The lowest BCUT2D eigenvalue weighted by Crippen LogP contribution is -2.40. The van der Waals surface area contributed by atoms with Gasteiger partial charge in [0.05, 0.1) is 0 Å². The number of thiophene rings is 1. The van der Waals surface area contributed by atoms with Gasteiger partial charge in [0.15, 0.2) is 0 Å². The van der Waals surface area contributed by atoms with Crippen molar-refractivity contribution >= 4 is 27.3 Å². The topological polar surface area (TPSA) is 12.0 Å². The van der Waals surface area contributed by atoms with Crippen LogP contribution in [-0.4, -0.2) is 13.1 Å². The SMILES string of the molecule is CNC(Cc1sccc1Br)C1CCCC1(C)C. The monoisotopic (exact) mass is 315 g/mol. The smallest absolute Gasteiger partial charge is 0.0314 e. The van der Waals surface area contributed by atoms with Gasteiger partial charge in [-0.3, -0.25) is 0 Å². The molecule has 2 unspecified atom stereocenters. The van der Waals surface area contributed by atoms with Crippen molar-refractivity contribution in [3.05, 3.63) is 20.8 Å². The summed E-state index contributed by atoms with van der Waals surface area (Å²) in [5, 5.41) is 5.72. The van der Waals surface area contributed by atoms with Gasteiger partial charge in [0.2, 0.25) is 0 Å². The van der Waals surface area contributed by atoms with Crippen LogP contribution in [0, 0.1) is 11.3 Å². The molecule has 1 aromatic heterocycles. The highest BCUT2D eigenvalue weighted by molar-refractivity contribution is 9.10. The van der Waals surface area contributed by atoms with E-state index in [-0.39, 0.29) is 0 Å². The Morgan fingerprint density at radius 1 is 1.59 bits per heavy atom. The lowest BCUT2D eigenvalue weighted by atomic mass is 9.76. The Morgan fingerprint density at radius 3 is 2.82 bits per heavy atom. The van der Waals surface area contributed by atoms with Crippen LogP contribution in [0.15, 0.2) is 15.9 Å². The largest absolute Gasteiger partial charge is 0.316 e. The van der Waals surface area contributed by atoms with Gasteiger partial charge in [-0.15, -0.1) is 11.3 Å². The van der Waals surface area contributed by atoms with E-state index in [0.717, 1.165) is 12.3 Å². The van der Waals surface area contributed by atoms with E-state index in [4.69, 9.17) is 0 Å². The van der Waals surface area contributed by atoms with Crippen molar-refractivity contribution in [3.63, 3.8) is 0 Å². The van der Waals surface area contributed by atoms with Crippen molar-refractivity contribution in [1.82, 2.24) is 5.32 Å². The van der Waals surface area contributed by atoms with Crippen LogP contribution in [0.3, 0.4) is 0 Å². The molecule has 1 fully saturated rings. The molecule has 0 amide bonds. The van der Waals surface area contributed by atoms with Crippen LogP contribution in [0.5, 0.6) is 0 Å². The molecule has 0 spiro atoms. The first-order chi connectivity index (χ1) is 8.04. The van der Waals surface area contributed by atoms with Crippen molar-refractivity contribution in [1.29, 1.82) is 0 Å². The van der Waals surface area contributed by atoms with Gasteiger partial charge in [0.1, 0.15) is 0 Å². The molecule has 0 bridgehead atoms. The fourth-order valence-electron chi connectivity index (χ4n) is 3.22. The van der Waals surface area contributed by atoms with E-state index in [0.29, 0.717) is 11.5 Å². The summed E-state index contributed by atoms with van der Waals surface area (Å²) in [6, 6.07) is 2.77. The van der Waals surface area contributed by atoms with Gasteiger partial charge in [0.25, 0.3) is 0 Å². The highest BCUT2D eigenvalue weighted by atomic mass is 79.9. The summed E-state index contributed by atoms with van der Waals surface area (Å²) >= 11 is 5.51. The molecule has 1 aliphatic carbocycles. The van der Waals surface area contributed by atoms with E-state index < -0.39 is 0 Å². The molecule has 0 aliphatic heterocycles. The number of rotatable bonds is 4. The predicted molar refractivity (Wildman–Crippen MR) is 79.7 cm³/mol. The third-order valence-electron chi connectivity index (χ3n) is 4.29. The Morgan fingerprint density at radius 2 is 2.35 bits per heavy atom. The maximum Gasteiger partial charge on any atom is 0.0314 e. The Labute approximate surface area is 117 Å². The number of likely N-dealkylation sites (N-methyl/N-ethyl adjacent to an activating group) is 1. The van der Waals surface area contributed by atoms with E-state index >= 15 is 0 Å². The summed E-state index contributed by atoms with van der Waals surface area (Å²) in [5.41, 5.74) is 0.497. The third-order valence-corrected chi connectivity index (χ3v) is 6.24. The van der Waals surface area contributed by atoms with Gasteiger partial charge >= 0.3 is 0 Å². The van der Waals surface area contributed by atoms with Crippen molar-refractivity contribution < 1.29 is 0 Å². The predicted octanol–water partition coefficient (Wildman–Crippen LogP) is 4.47. The zero-order valence-corrected chi connectivity index (χ0v) is 13.3. The van der Waals surface area contributed by atoms with Crippen LogP contribution < -0.4 is 5.32 Å². The number of halogens is 1. The maximum atomic E-state index is 3.64. The first-order valence-electron chi connectivity index (χ1n) is 6.44. The Hall–Kier alpha value is 0.140. The molecule has 2 atom stereocenters. The van der Waals surface area contributed by atoms with Crippen LogP contribution in [0.4, 0.5) is 0 Å². The van der Waals surface area contributed by atoms with Crippen molar-refractivity contribution in [2.24, 2.45) is 11.3 Å². The van der Waals surface area contributed by atoms with Crippen molar-refractivity contribution in [2.75, 3.05) is 7.05 Å². The number of hydrogen-bond donors (Lipinski definition) is 1. The third kappa shape index (κ3) is 2.94. The Balaban J connectivity index is 2.09. The molecule has 17 heavy (non-hydrogen) atoms. The van der Waals surface area contributed by atoms with Gasteiger partial charge in [0, 0.05) is 15.4 Å². The normalized spacial score (nSPS) is 25.1. The molecule has 1 aromatic rings. The second kappa shape index (κ2) is 5.41. The second-order valence-corrected chi connectivity index (χ2v) is 7.63. The Kier molecular flexibility index (Phi) is 4.32. The van der Waals surface area contributed by atoms with Gasteiger partial charge in [-0.1, -0.05) is 20.3 Å². The van der Waals surface area contributed by atoms with Crippen LogP contribution >= 0.6 is 27.3 Å². The summed E-state index contributed by atoms with van der Waals surface area (Å²) in [4.78, 5) is 1.48. The molecule has 1 N–H and O–H groups in total. The standard InChI is InChI=1S/C14H22BrNS/c1-14(2)7-4-5-10(14)12(16-3)9-13-11(15)6-8-17-13/h6,8,10,12,16H,4-5,7,9H2,1-3H3. The fourth-order valence-corrected chi connectivity index (χ4v) is 4.79. The molecule has 0 aromatic carbocycles. The van der Waals surface area contributed by atoms with E-state index in [1.807, 2.05) is 11.3 Å². The minimum absolute atomic E-state index is 0.497. The summed E-state index contributed by atoms with van der Waals surface area (Å²) in [6.07, 6.45) is 5.30. The van der Waals surface area contributed by atoms with Crippen LogP contribution in [0.1, 0.15) is 38.0 Å². The highest BCUT2D eigenvalue weighted by Gasteiger charge is 2.39. The minimum atomic E-state index is 0.497. The average Bonchev–Trinajstić information content (AvgIpc) is 2.82. The summed E-state index contributed by atoms with van der Waals surface area (Å²) in [6.45, 7) is 4.86. The molecule has 96 valence electrons. The molecule has 1 nitrogen and oxygen atoms in total. The van der Waals surface area contributed by atoms with Crippen LogP contribution in [0.2, 0.25) is 0 Å². The fraction of sp³-hybridized carbons (Fsp3) is 0.714. The van der Waals surface area contributed by atoms with E-state index in [1.165, 1.54) is 28.6 Å². The molecular formula is C14H22BrNS. The summed E-state index contributed by atoms with van der Waals surface area (Å²) in [5.74, 6) is 0.807. The summed E-state index contributed by atoms with van der Waals surface area (Å²) in [7, 11) is 2.11. The lowest BCUT2D eigenvalue weighted by molar-refractivity contribution is 0.202. The lowest BCUT2D eigenvalue weighted by Gasteiger charge is -2.34. The van der Waals surface area contributed by atoms with E-state index in [1.54, 1.807) is 0 Å². The molecule has 0 saturated heterocycles. The highest BCUT2D eigenvalue weighted by Crippen LogP contribution is 2.45. The number of hydrogen-bond acceptors (Lipinski definition) is 2. The zero-order chi connectivity index (χ0) is 12.5. The van der Waals surface area contributed by atoms with Crippen molar-refractivity contribution in [3.8, 4) is 0 Å². The van der Waals surface area contributed by atoms with E-state index in [2.05, 4.69) is 53.6 Å².